The zero-order valence-electron chi connectivity index (χ0n) is 9.47. The summed E-state index contributed by atoms with van der Waals surface area (Å²) in [6, 6.07) is 6.91. The standard InChI is InChI=1S/C13H17Br2N/c1-9-4-2-3-5-12(9)16-13-8-10(14)6-7-11(13)15/h6-9,12,16H,2-5H2,1H3. The summed E-state index contributed by atoms with van der Waals surface area (Å²) in [6.07, 6.45) is 5.38. The van der Waals surface area contributed by atoms with E-state index in [0.717, 1.165) is 14.9 Å². The first-order valence-corrected chi connectivity index (χ1v) is 7.47. The Morgan fingerprint density at radius 1 is 1.19 bits per heavy atom. The van der Waals surface area contributed by atoms with Gasteiger partial charge in [0.1, 0.15) is 0 Å². The molecule has 0 aromatic heterocycles. The van der Waals surface area contributed by atoms with E-state index in [4.69, 9.17) is 0 Å². The topological polar surface area (TPSA) is 12.0 Å². The fourth-order valence-electron chi connectivity index (χ4n) is 2.34. The summed E-state index contributed by atoms with van der Waals surface area (Å²) in [5.74, 6) is 0.777. The quantitative estimate of drug-likeness (QED) is 0.775. The highest BCUT2D eigenvalue weighted by molar-refractivity contribution is 9.11. The number of hydrogen-bond acceptors (Lipinski definition) is 1. The summed E-state index contributed by atoms with van der Waals surface area (Å²) >= 11 is 7.11. The number of hydrogen-bond donors (Lipinski definition) is 1. The lowest BCUT2D eigenvalue weighted by molar-refractivity contribution is 0.349. The maximum atomic E-state index is 3.66. The van der Waals surface area contributed by atoms with Crippen molar-refractivity contribution in [2.24, 2.45) is 5.92 Å². The predicted molar refractivity (Wildman–Crippen MR) is 76.9 cm³/mol. The minimum Gasteiger partial charge on any atom is -0.381 e. The lowest BCUT2D eigenvalue weighted by atomic mass is 9.86. The van der Waals surface area contributed by atoms with Crippen LogP contribution in [-0.2, 0) is 0 Å². The summed E-state index contributed by atoms with van der Waals surface area (Å²) in [4.78, 5) is 0. The van der Waals surface area contributed by atoms with Crippen LogP contribution in [0.5, 0.6) is 0 Å². The fourth-order valence-corrected chi connectivity index (χ4v) is 3.06. The van der Waals surface area contributed by atoms with Gasteiger partial charge in [0, 0.05) is 20.7 Å². The number of nitrogens with one attached hydrogen (secondary N) is 1. The fraction of sp³-hybridized carbons (Fsp3) is 0.538. The van der Waals surface area contributed by atoms with Gasteiger partial charge in [-0.15, -0.1) is 0 Å². The Labute approximate surface area is 114 Å². The highest BCUT2D eigenvalue weighted by atomic mass is 79.9. The van der Waals surface area contributed by atoms with E-state index in [0.29, 0.717) is 6.04 Å². The van der Waals surface area contributed by atoms with Crippen molar-refractivity contribution in [3.8, 4) is 0 Å². The first kappa shape index (κ1) is 12.4. The van der Waals surface area contributed by atoms with Crippen molar-refractivity contribution >= 4 is 37.5 Å². The monoisotopic (exact) mass is 345 g/mol. The maximum absolute atomic E-state index is 3.66. The summed E-state index contributed by atoms with van der Waals surface area (Å²) < 4.78 is 2.27. The van der Waals surface area contributed by atoms with E-state index in [1.54, 1.807) is 0 Å². The molecule has 0 bridgehead atoms. The maximum Gasteiger partial charge on any atom is 0.0498 e. The molecule has 1 saturated carbocycles. The molecule has 0 saturated heterocycles. The van der Waals surface area contributed by atoms with Crippen molar-refractivity contribution in [1.82, 2.24) is 0 Å². The highest BCUT2D eigenvalue weighted by Crippen LogP contribution is 2.31. The summed E-state index contributed by atoms with van der Waals surface area (Å²) in [5.41, 5.74) is 1.20. The molecule has 0 heterocycles. The van der Waals surface area contributed by atoms with Gasteiger partial charge in [-0.2, -0.15) is 0 Å². The SMILES string of the molecule is CC1CCCCC1Nc1cc(Br)ccc1Br. The molecule has 0 spiro atoms. The van der Waals surface area contributed by atoms with E-state index in [-0.39, 0.29) is 0 Å². The molecule has 2 atom stereocenters. The Morgan fingerprint density at radius 2 is 1.94 bits per heavy atom. The van der Waals surface area contributed by atoms with Gasteiger partial charge in [0.15, 0.2) is 0 Å². The molecule has 16 heavy (non-hydrogen) atoms. The Bertz CT molecular complexity index is 365. The zero-order valence-corrected chi connectivity index (χ0v) is 12.6. The second-order valence-electron chi connectivity index (χ2n) is 4.64. The van der Waals surface area contributed by atoms with Crippen LogP contribution in [0, 0.1) is 5.92 Å². The number of anilines is 1. The van der Waals surface area contributed by atoms with E-state index in [1.165, 1.54) is 31.4 Å². The van der Waals surface area contributed by atoms with Crippen LogP contribution in [0.15, 0.2) is 27.1 Å². The highest BCUT2D eigenvalue weighted by Gasteiger charge is 2.21. The molecule has 1 aliphatic rings. The van der Waals surface area contributed by atoms with Crippen molar-refractivity contribution in [3.05, 3.63) is 27.1 Å². The zero-order chi connectivity index (χ0) is 11.5. The van der Waals surface area contributed by atoms with Crippen molar-refractivity contribution in [3.63, 3.8) is 0 Å². The van der Waals surface area contributed by atoms with Crippen LogP contribution in [0.2, 0.25) is 0 Å². The average Bonchev–Trinajstić information content (AvgIpc) is 2.27. The van der Waals surface area contributed by atoms with Gasteiger partial charge in [-0.05, 0) is 52.9 Å². The molecule has 1 nitrogen and oxygen atoms in total. The second-order valence-corrected chi connectivity index (χ2v) is 6.41. The molecule has 1 aliphatic carbocycles. The van der Waals surface area contributed by atoms with Crippen LogP contribution >= 0.6 is 31.9 Å². The van der Waals surface area contributed by atoms with Gasteiger partial charge in [0.25, 0.3) is 0 Å². The molecule has 1 fully saturated rings. The van der Waals surface area contributed by atoms with Gasteiger partial charge in [0.05, 0.1) is 0 Å². The second kappa shape index (κ2) is 5.54. The van der Waals surface area contributed by atoms with Crippen LogP contribution in [-0.4, -0.2) is 6.04 Å². The van der Waals surface area contributed by atoms with Crippen molar-refractivity contribution < 1.29 is 0 Å². The van der Waals surface area contributed by atoms with E-state index >= 15 is 0 Å². The van der Waals surface area contributed by atoms with Gasteiger partial charge in [-0.1, -0.05) is 35.7 Å². The van der Waals surface area contributed by atoms with E-state index in [1.807, 2.05) is 0 Å². The minimum absolute atomic E-state index is 0.624. The molecule has 0 aliphatic heterocycles. The first-order chi connectivity index (χ1) is 7.66. The van der Waals surface area contributed by atoms with E-state index in [9.17, 15) is 0 Å². The third-order valence-corrected chi connectivity index (χ3v) is 4.57. The molecule has 0 radical (unpaired) electrons. The number of halogens is 2. The Balaban J connectivity index is 2.10. The predicted octanol–water partition coefficient (Wildman–Crippen LogP) is 5.20. The molecule has 88 valence electrons. The molecular formula is C13H17Br2N. The molecule has 1 aromatic carbocycles. The molecule has 3 heteroatoms. The van der Waals surface area contributed by atoms with E-state index in [2.05, 4.69) is 62.3 Å². The molecule has 1 aromatic rings. The van der Waals surface area contributed by atoms with Gasteiger partial charge >= 0.3 is 0 Å². The van der Waals surface area contributed by atoms with E-state index < -0.39 is 0 Å². The van der Waals surface area contributed by atoms with Crippen LogP contribution in [0.4, 0.5) is 5.69 Å². The average molecular weight is 347 g/mol. The van der Waals surface area contributed by atoms with Crippen LogP contribution in [0.3, 0.4) is 0 Å². The van der Waals surface area contributed by atoms with Gasteiger partial charge in [0.2, 0.25) is 0 Å². The molecule has 0 amide bonds. The molecule has 1 N–H and O–H groups in total. The van der Waals surface area contributed by atoms with Crippen LogP contribution < -0.4 is 5.32 Å². The van der Waals surface area contributed by atoms with Gasteiger partial charge in [-0.3, -0.25) is 0 Å². The van der Waals surface area contributed by atoms with Crippen molar-refractivity contribution in [2.45, 2.75) is 38.6 Å². The summed E-state index contributed by atoms with van der Waals surface area (Å²) in [6.45, 7) is 2.35. The smallest absolute Gasteiger partial charge is 0.0498 e. The lowest BCUT2D eigenvalue weighted by Gasteiger charge is -2.30. The lowest BCUT2D eigenvalue weighted by Crippen LogP contribution is -2.30. The van der Waals surface area contributed by atoms with Crippen molar-refractivity contribution in [2.75, 3.05) is 5.32 Å². The molecule has 2 unspecified atom stereocenters. The first-order valence-electron chi connectivity index (χ1n) is 5.88. The van der Waals surface area contributed by atoms with Gasteiger partial charge in [-0.25, -0.2) is 0 Å². The minimum atomic E-state index is 0.624. The third-order valence-electron chi connectivity index (χ3n) is 3.38. The van der Waals surface area contributed by atoms with Gasteiger partial charge < -0.3 is 5.32 Å². The Hall–Kier alpha value is -0.0200. The van der Waals surface area contributed by atoms with Crippen LogP contribution in [0.25, 0.3) is 0 Å². The number of benzene rings is 1. The third kappa shape index (κ3) is 3.01. The summed E-state index contributed by atoms with van der Waals surface area (Å²) in [5, 5.41) is 3.66. The molecule has 2 rings (SSSR count). The molecular weight excluding hydrogens is 330 g/mol. The Morgan fingerprint density at radius 3 is 2.69 bits per heavy atom. The van der Waals surface area contributed by atoms with Crippen LogP contribution in [0.1, 0.15) is 32.6 Å². The number of rotatable bonds is 2. The van der Waals surface area contributed by atoms with Crippen molar-refractivity contribution in [1.29, 1.82) is 0 Å². The normalized spacial score (nSPS) is 25.4. The largest absolute Gasteiger partial charge is 0.381 e. The summed E-state index contributed by atoms with van der Waals surface area (Å²) in [7, 11) is 0. The Kier molecular flexibility index (Phi) is 4.31.